The van der Waals surface area contributed by atoms with E-state index >= 15 is 0 Å². The summed E-state index contributed by atoms with van der Waals surface area (Å²) in [6.45, 7) is 1.60. The highest BCUT2D eigenvalue weighted by Gasteiger charge is 2.33. The molecule has 0 atom stereocenters. The van der Waals surface area contributed by atoms with E-state index in [4.69, 9.17) is 22.1 Å². The fraction of sp³-hybridized carbons (Fsp3) is 0.200. The van der Waals surface area contributed by atoms with E-state index in [9.17, 15) is 13.2 Å². The average molecular weight is 316 g/mol. The molecule has 0 heterocycles. The third-order valence-corrected chi connectivity index (χ3v) is 3.22. The van der Waals surface area contributed by atoms with E-state index in [2.05, 4.69) is 0 Å². The molecule has 112 valence electrons. The van der Waals surface area contributed by atoms with Gasteiger partial charge in [0, 0.05) is 11.3 Å². The molecule has 2 aromatic rings. The molecule has 0 bridgehead atoms. The summed E-state index contributed by atoms with van der Waals surface area (Å²) in [6.07, 6.45) is -4.48. The van der Waals surface area contributed by atoms with Gasteiger partial charge in [-0.05, 0) is 36.8 Å². The highest BCUT2D eigenvalue weighted by molar-refractivity contribution is 6.32. The van der Waals surface area contributed by atoms with E-state index in [1.165, 1.54) is 12.1 Å². The van der Waals surface area contributed by atoms with Gasteiger partial charge in [0.1, 0.15) is 12.4 Å². The van der Waals surface area contributed by atoms with Crippen LogP contribution in [0.15, 0.2) is 36.4 Å². The predicted octanol–water partition coefficient (Wildman–Crippen LogP) is 4.83. The minimum absolute atomic E-state index is 0.00859. The summed E-state index contributed by atoms with van der Waals surface area (Å²) in [4.78, 5) is 0. The number of hydrogen-bond donors (Lipinski definition) is 1. The zero-order valence-corrected chi connectivity index (χ0v) is 11.9. The highest BCUT2D eigenvalue weighted by atomic mass is 35.5. The molecule has 0 radical (unpaired) electrons. The largest absolute Gasteiger partial charge is 0.487 e. The minimum atomic E-state index is -4.48. The number of rotatable bonds is 3. The molecule has 6 heteroatoms. The van der Waals surface area contributed by atoms with Crippen LogP contribution in [0.3, 0.4) is 0 Å². The molecule has 0 spiro atoms. The number of aryl methyl sites for hydroxylation is 1. The molecule has 0 aliphatic carbocycles. The van der Waals surface area contributed by atoms with Crippen LogP contribution >= 0.6 is 11.6 Å². The third-order valence-electron chi connectivity index (χ3n) is 2.91. The zero-order valence-electron chi connectivity index (χ0n) is 11.2. The topological polar surface area (TPSA) is 35.2 Å². The maximum Gasteiger partial charge on any atom is 0.416 e. The molecule has 2 rings (SSSR count). The Morgan fingerprint density at radius 2 is 1.86 bits per heavy atom. The van der Waals surface area contributed by atoms with Gasteiger partial charge in [0.05, 0.1) is 10.6 Å². The van der Waals surface area contributed by atoms with Crippen LogP contribution in [0.25, 0.3) is 0 Å². The number of ether oxygens (including phenoxy) is 1. The first-order valence-corrected chi connectivity index (χ1v) is 6.49. The molecule has 2 nitrogen and oxygen atoms in total. The van der Waals surface area contributed by atoms with Crippen molar-refractivity contribution in [3.8, 4) is 5.75 Å². The van der Waals surface area contributed by atoms with Crippen LogP contribution in [0.5, 0.6) is 5.75 Å². The van der Waals surface area contributed by atoms with Crippen LogP contribution in [0.4, 0.5) is 18.9 Å². The molecule has 21 heavy (non-hydrogen) atoms. The molecule has 2 aromatic carbocycles. The Morgan fingerprint density at radius 3 is 2.52 bits per heavy atom. The van der Waals surface area contributed by atoms with E-state index in [0.717, 1.165) is 11.6 Å². The summed E-state index contributed by atoms with van der Waals surface area (Å²) in [5.74, 6) is 0.349. The predicted molar refractivity (Wildman–Crippen MR) is 76.4 cm³/mol. The second kappa shape index (κ2) is 5.85. The Balaban J connectivity index is 2.26. The fourth-order valence-electron chi connectivity index (χ4n) is 1.86. The lowest BCUT2D eigenvalue weighted by atomic mass is 10.1. The number of nitrogen functional groups attached to an aromatic ring is 1. The van der Waals surface area contributed by atoms with Gasteiger partial charge in [0.15, 0.2) is 0 Å². The Kier molecular flexibility index (Phi) is 4.32. The number of hydrogen-bond acceptors (Lipinski definition) is 2. The second-order valence-electron chi connectivity index (χ2n) is 4.64. The first-order chi connectivity index (χ1) is 9.77. The number of benzene rings is 2. The monoisotopic (exact) mass is 315 g/mol. The molecular weight excluding hydrogens is 303 g/mol. The van der Waals surface area contributed by atoms with Crippen molar-refractivity contribution in [1.82, 2.24) is 0 Å². The lowest BCUT2D eigenvalue weighted by Crippen LogP contribution is -2.11. The SMILES string of the molecule is Cc1ccc(Cl)c(OCc2ccc(N)cc2C(F)(F)F)c1. The number of alkyl halides is 3. The first kappa shape index (κ1) is 15.5. The van der Waals surface area contributed by atoms with Gasteiger partial charge in [-0.25, -0.2) is 0 Å². The van der Waals surface area contributed by atoms with Crippen molar-refractivity contribution in [2.45, 2.75) is 19.7 Å². The molecule has 0 saturated carbocycles. The van der Waals surface area contributed by atoms with Gasteiger partial charge in [0.25, 0.3) is 0 Å². The van der Waals surface area contributed by atoms with Crippen LogP contribution in [0, 0.1) is 6.92 Å². The number of anilines is 1. The van der Waals surface area contributed by atoms with E-state index in [0.29, 0.717) is 10.8 Å². The summed E-state index contributed by atoms with van der Waals surface area (Å²) >= 11 is 5.95. The molecule has 0 aromatic heterocycles. The summed E-state index contributed by atoms with van der Waals surface area (Å²) in [7, 11) is 0. The number of nitrogens with two attached hydrogens (primary N) is 1. The molecular formula is C15H13ClF3NO. The summed E-state index contributed by atoms with van der Waals surface area (Å²) in [6, 6.07) is 8.72. The molecule has 0 fully saturated rings. The third kappa shape index (κ3) is 3.82. The zero-order chi connectivity index (χ0) is 15.6. The van der Waals surface area contributed by atoms with Crippen molar-refractivity contribution in [3.63, 3.8) is 0 Å². The van der Waals surface area contributed by atoms with Gasteiger partial charge in [-0.1, -0.05) is 23.7 Å². The standard InChI is InChI=1S/C15H13ClF3NO/c1-9-2-5-13(16)14(6-9)21-8-10-3-4-11(20)7-12(10)15(17,18)19/h2-7H,8,20H2,1H3. The Labute approximate surface area is 125 Å². The van der Waals surface area contributed by atoms with Crippen LogP contribution in [-0.2, 0) is 12.8 Å². The first-order valence-electron chi connectivity index (χ1n) is 6.12. The molecule has 0 amide bonds. The van der Waals surface area contributed by atoms with Gasteiger partial charge in [-0.15, -0.1) is 0 Å². The van der Waals surface area contributed by atoms with E-state index in [-0.39, 0.29) is 17.9 Å². The van der Waals surface area contributed by atoms with Crippen LogP contribution in [0.1, 0.15) is 16.7 Å². The summed E-state index contributed by atoms with van der Waals surface area (Å²) in [5.41, 5.74) is 5.58. The van der Waals surface area contributed by atoms with E-state index in [1.807, 2.05) is 6.92 Å². The van der Waals surface area contributed by atoms with Gasteiger partial charge in [-0.2, -0.15) is 13.2 Å². The Bertz CT molecular complexity index is 656. The molecule has 0 aliphatic heterocycles. The molecule has 0 aliphatic rings. The van der Waals surface area contributed by atoms with Gasteiger partial charge < -0.3 is 10.5 Å². The van der Waals surface area contributed by atoms with Crippen molar-refractivity contribution in [3.05, 3.63) is 58.1 Å². The fourth-order valence-corrected chi connectivity index (χ4v) is 2.03. The van der Waals surface area contributed by atoms with Crippen molar-refractivity contribution >= 4 is 17.3 Å². The normalized spacial score (nSPS) is 11.5. The average Bonchev–Trinajstić information content (AvgIpc) is 2.40. The minimum Gasteiger partial charge on any atom is -0.487 e. The maximum absolute atomic E-state index is 13.0. The van der Waals surface area contributed by atoms with Crippen LogP contribution < -0.4 is 10.5 Å². The molecule has 0 unspecified atom stereocenters. The van der Waals surface area contributed by atoms with Crippen molar-refractivity contribution in [2.75, 3.05) is 5.73 Å². The van der Waals surface area contributed by atoms with Gasteiger partial charge >= 0.3 is 6.18 Å². The summed E-state index contributed by atoms with van der Waals surface area (Å²) < 4.78 is 44.3. The van der Waals surface area contributed by atoms with Crippen molar-refractivity contribution in [2.24, 2.45) is 0 Å². The van der Waals surface area contributed by atoms with Crippen LogP contribution in [0.2, 0.25) is 5.02 Å². The Hall–Kier alpha value is -1.88. The Morgan fingerprint density at radius 1 is 1.14 bits per heavy atom. The van der Waals surface area contributed by atoms with Crippen LogP contribution in [-0.4, -0.2) is 0 Å². The lowest BCUT2D eigenvalue weighted by Gasteiger charge is -2.15. The van der Waals surface area contributed by atoms with E-state index in [1.54, 1.807) is 18.2 Å². The van der Waals surface area contributed by atoms with Gasteiger partial charge in [-0.3, -0.25) is 0 Å². The smallest absolute Gasteiger partial charge is 0.416 e. The maximum atomic E-state index is 13.0. The molecule has 0 saturated heterocycles. The van der Waals surface area contributed by atoms with Crippen molar-refractivity contribution < 1.29 is 17.9 Å². The second-order valence-corrected chi connectivity index (χ2v) is 5.04. The summed E-state index contributed by atoms with van der Waals surface area (Å²) in [5, 5.41) is 0.351. The molecule has 2 N–H and O–H groups in total. The number of halogens is 4. The van der Waals surface area contributed by atoms with E-state index < -0.39 is 11.7 Å². The quantitative estimate of drug-likeness (QED) is 0.823. The van der Waals surface area contributed by atoms with Crippen molar-refractivity contribution in [1.29, 1.82) is 0 Å². The lowest BCUT2D eigenvalue weighted by molar-refractivity contribution is -0.138. The van der Waals surface area contributed by atoms with Gasteiger partial charge in [0.2, 0.25) is 0 Å². The highest BCUT2D eigenvalue weighted by Crippen LogP contribution is 2.34.